The lowest BCUT2D eigenvalue weighted by Gasteiger charge is -2.19. The van der Waals surface area contributed by atoms with Crippen molar-refractivity contribution in [3.05, 3.63) is 48.2 Å². The number of rotatable bonds is 6. The van der Waals surface area contributed by atoms with Gasteiger partial charge >= 0.3 is 0 Å². The molecule has 0 saturated heterocycles. The van der Waals surface area contributed by atoms with Crippen molar-refractivity contribution in [1.29, 1.82) is 0 Å². The number of anilines is 1. The van der Waals surface area contributed by atoms with Crippen molar-refractivity contribution in [3.63, 3.8) is 0 Å². The molecule has 25 heavy (non-hydrogen) atoms. The number of benzene rings is 1. The highest BCUT2D eigenvalue weighted by Crippen LogP contribution is 2.31. The fourth-order valence-electron chi connectivity index (χ4n) is 3.42. The molecular weight excluding hydrogens is 316 g/mol. The molecule has 1 fully saturated rings. The summed E-state index contributed by atoms with van der Waals surface area (Å²) in [5.74, 6) is 0.437. The third-order valence-corrected chi connectivity index (χ3v) is 4.58. The highest BCUT2D eigenvalue weighted by molar-refractivity contribution is 5.90. The van der Waals surface area contributed by atoms with Gasteiger partial charge in [-0.1, -0.05) is 43.2 Å². The first-order valence-electron chi connectivity index (χ1n) is 8.79. The number of carbonyl (C=O) groups is 2. The SMILES string of the molecule is CC(=O)N[C@@H](CC(=O)Nc1ccnn1C1CCCC1)c1ccccc1. The minimum Gasteiger partial charge on any atom is -0.349 e. The summed E-state index contributed by atoms with van der Waals surface area (Å²) in [6, 6.07) is 11.4. The Kier molecular flexibility index (Phi) is 5.48. The Balaban J connectivity index is 1.68. The monoisotopic (exact) mass is 340 g/mol. The van der Waals surface area contributed by atoms with E-state index in [-0.39, 0.29) is 24.3 Å². The molecule has 1 saturated carbocycles. The Morgan fingerprint density at radius 2 is 1.92 bits per heavy atom. The van der Waals surface area contributed by atoms with Crippen molar-refractivity contribution in [1.82, 2.24) is 15.1 Å². The molecule has 0 spiro atoms. The number of hydrogen-bond donors (Lipinski definition) is 2. The zero-order chi connectivity index (χ0) is 17.6. The maximum Gasteiger partial charge on any atom is 0.227 e. The van der Waals surface area contributed by atoms with E-state index < -0.39 is 0 Å². The quantitative estimate of drug-likeness (QED) is 0.848. The molecule has 0 radical (unpaired) electrons. The second-order valence-corrected chi connectivity index (χ2v) is 6.52. The normalized spacial score (nSPS) is 15.7. The summed E-state index contributed by atoms with van der Waals surface area (Å²) in [6.45, 7) is 1.46. The summed E-state index contributed by atoms with van der Waals surface area (Å²) in [5, 5.41) is 10.2. The van der Waals surface area contributed by atoms with E-state index in [4.69, 9.17) is 0 Å². The highest BCUT2D eigenvalue weighted by Gasteiger charge is 2.22. The molecule has 0 aliphatic heterocycles. The summed E-state index contributed by atoms with van der Waals surface area (Å²) in [5.41, 5.74) is 0.914. The van der Waals surface area contributed by atoms with Gasteiger partial charge in [-0.05, 0) is 18.4 Å². The molecule has 1 aliphatic rings. The Morgan fingerprint density at radius 1 is 1.20 bits per heavy atom. The fraction of sp³-hybridized carbons (Fsp3) is 0.421. The largest absolute Gasteiger partial charge is 0.349 e. The van der Waals surface area contributed by atoms with Crippen LogP contribution < -0.4 is 10.6 Å². The standard InChI is InChI=1S/C19H24N4O2/c1-14(24)21-17(15-7-3-2-4-8-15)13-19(25)22-18-11-12-20-23(18)16-9-5-6-10-16/h2-4,7-8,11-12,16-17H,5-6,9-10,13H2,1H3,(H,21,24)(H,22,25)/t17-/m0/s1. The summed E-state index contributed by atoms with van der Waals surface area (Å²) in [6.07, 6.45) is 6.51. The zero-order valence-electron chi connectivity index (χ0n) is 14.4. The van der Waals surface area contributed by atoms with Gasteiger partial charge < -0.3 is 10.6 Å². The number of carbonyl (C=O) groups excluding carboxylic acids is 2. The van der Waals surface area contributed by atoms with Crippen LogP contribution in [0.25, 0.3) is 0 Å². The van der Waals surface area contributed by atoms with Gasteiger partial charge in [0.1, 0.15) is 5.82 Å². The summed E-state index contributed by atoms with van der Waals surface area (Å²) >= 11 is 0. The first-order chi connectivity index (χ1) is 12.1. The Bertz CT molecular complexity index is 720. The van der Waals surface area contributed by atoms with Crippen LogP contribution in [0.1, 0.15) is 56.7 Å². The van der Waals surface area contributed by atoms with Crippen LogP contribution in [0.4, 0.5) is 5.82 Å². The van der Waals surface area contributed by atoms with E-state index >= 15 is 0 Å². The first kappa shape index (κ1) is 17.2. The van der Waals surface area contributed by atoms with E-state index in [1.54, 1.807) is 6.20 Å². The lowest BCUT2D eigenvalue weighted by Crippen LogP contribution is -2.30. The third-order valence-electron chi connectivity index (χ3n) is 4.58. The third kappa shape index (κ3) is 4.47. The molecule has 132 valence electrons. The van der Waals surface area contributed by atoms with E-state index in [0.29, 0.717) is 6.04 Å². The van der Waals surface area contributed by atoms with Crippen molar-refractivity contribution in [3.8, 4) is 0 Å². The van der Waals surface area contributed by atoms with Crippen LogP contribution in [0.2, 0.25) is 0 Å². The topological polar surface area (TPSA) is 76.0 Å². The average Bonchev–Trinajstić information content (AvgIpc) is 3.25. The second-order valence-electron chi connectivity index (χ2n) is 6.52. The lowest BCUT2D eigenvalue weighted by molar-refractivity contribution is -0.120. The molecule has 1 aromatic heterocycles. The van der Waals surface area contributed by atoms with Crippen molar-refractivity contribution in [2.24, 2.45) is 0 Å². The number of hydrogen-bond acceptors (Lipinski definition) is 3. The van der Waals surface area contributed by atoms with Crippen molar-refractivity contribution in [2.75, 3.05) is 5.32 Å². The van der Waals surface area contributed by atoms with Crippen LogP contribution in [0.15, 0.2) is 42.6 Å². The maximum absolute atomic E-state index is 12.5. The van der Waals surface area contributed by atoms with E-state index in [2.05, 4.69) is 15.7 Å². The average molecular weight is 340 g/mol. The molecule has 0 unspecified atom stereocenters. The van der Waals surface area contributed by atoms with Gasteiger partial charge in [0.05, 0.1) is 24.7 Å². The molecule has 2 N–H and O–H groups in total. The van der Waals surface area contributed by atoms with Crippen LogP contribution >= 0.6 is 0 Å². The van der Waals surface area contributed by atoms with Crippen LogP contribution in [-0.4, -0.2) is 21.6 Å². The van der Waals surface area contributed by atoms with Gasteiger partial charge in [0.2, 0.25) is 11.8 Å². The first-order valence-corrected chi connectivity index (χ1v) is 8.79. The number of nitrogens with one attached hydrogen (secondary N) is 2. The summed E-state index contributed by atoms with van der Waals surface area (Å²) < 4.78 is 1.92. The molecule has 1 aromatic carbocycles. The van der Waals surface area contributed by atoms with E-state index in [1.807, 2.05) is 41.1 Å². The zero-order valence-corrected chi connectivity index (χ0v) is 14.4. The summed E-state index contributed by atoms with van der Waals surface area (Å²) in [4.78, 5) is 24.0. The van der Waals surface area contributed by atoms with Crippen LogP contribution in [0.5, 0.6) is 0 Å². The number of amides is 2. The van der Waals surface area contributed by atoms with Gasteiger partial charge in [-0.2, -0.15) is 5.10 Å². The Morgan fingerprint density at radius 3 is 2.60 bits per heavy atom. The van der Waals surface area contributed by atoms with Crippen molar-refractivity contribution >= 4 is 17.6 Å². The van der Waals surface area contributed by atoms with Crippen LogP contribution in [-0.2, 0) is 9.59 Å². The molecule has 6 heteroatoms. The van der Waals surface area contributed by atoms with Crippen molar-refractivity contribution in [2.45, 2.75) is 51.1 Å². The molecular formula is C19H24N4O2. The van der Waals surface area contributed by atoms with Crippen molar-refractivity contribution < 1.29 is 9.59 Å². The van der Waals surface area contributed by atoms with Gasteiger partial charge in [-0.15, -0.1) is 0 Å². The van der Waals surface area contributed by atoms with E-state index in [1.165, 1.54) is 19.8 Å². The molecule has 3 rings (SSSR count). The van der Waals surface area contributed by atoms with Crippen LogP contribution in [0, 0.1) is 0 Å². The molecule has 6 nitrogen and oxygen atoms in total. The van der Waals surface area contributed by atoms with Gasteiger partial charge in [0, 0.05) is 13.0 Å². The van der Waals surface area contributed by atoms with Gasteiger partial charge in [0.25, 0.3) is 0 Å². The lowest BCUT2D eigenvalue weighted by atomic mass is 10.0. The smallest absolute Gasteiger partial charge is 0.227 e. The summed E-state index contributed by atoms with van der Waals surface area (Å²) in [7, 11) is 0. The minimum absolute atomic E-state index is 0.137. The molecule has 1 aliphatic carbocycles. The van der Waals surface area contributed by atoms with Gasteiger partial charge in [0.15, 0.2) is 0 Å². The minimum atomic E-state index is -0.346. The van der Waals surface area contributed by atoms with Crippen LogP contribution in [0.3, 0.4) is 0 Å². The van der Waals surface area contributed by atoms with Gasteiger partial charge in [-0.25, -0.2) is 4.68 Å². The maximum atomic E-state index is 12.5. The predicted octanol–water partition coefficient (Wildman–Crippen LogP) is 3.20. The molecule has 1 heterocycles. The Labute approximate surface area is 147 Å². The fourth-order valence-corrected chi connectivity index (χ4v) is 3.42. The molecule has 0 bridgehead atoms. The highest BCUT2D eigenvalue weighted by atomic mass is 16.2. The Hall–Kier alpha value is -2.63. The number of aromatic nitrogens is 2. The molecule has 2 amide bonds. The van der Waals surface area contributed by atoms with Gasteiger partial charge in [-0.3, -0.25) is 9.59 Å². The second kappa shape index (κ2) is 7.96. The molecule has 1 atom stereocenters. The predicted molar refractivity (Wildman–Crippen MR) is 96.0 cm³/mol. The molecule has 2 aromatic rings. The number of nitrogens with zero attached hydrogens (tertiary/aromatic N) is 2. The van der Waals surface area contributed by atoms with E-state index in [0.717, 1.165) is 24.2 Å². The van der Waals surface area contributed by atoms with E-state index in [9.17, 15) is 9.59 Å².